The Hall–Kier alpha value is -1.25. The maximum absolute atomic E-state index is 9.73. The van der Waals surface area contributed by atoms with Gasteiger partial charge in [-0.25, -0.2) is 0 Å². The third-order valence-corrected chi connectivity index (χ3v) is 3.71. The molecule has 1 aliphatic heterocycles. The van der Waals surface area contributed by atoms with Crippen LogP contribution in [0.4, 0.5) is 0 Å². The smallest absolute Gasteiger partial charge is 0.119 e. The molecule has 5 heteroatoms. The molecule has 1 aromatic carbocycles. The zero-order valence-corrected chi connectivity index (χ0v) is 14.9. The van der Waals surface area contributed by atoms with Crippen molar-refractivity contribution in [3.63, 3.8) is 0 Å². The van der Waals surface area contributed by atoms with Gasteiger partial charge in [0.25, 0.3) is 0 Å². The average molecular weight is 339 g/mol. The van der Waals surface area contributed by atoms with Crippen LogP contribution < -0.4 is 10.5 Å². The van der Waals surface area contributed by atoms with Gasteiger partial charge in [0.05, 0.1) is 7.11 Å². The lowest BCUT2D eigenvalue weighted by atomic mass is 9.94. The first-order chi connectivity index (χ1) is 10.4. The lowest BCUT2D eigenvalue weighted by molar-refractivity contribution is 0.142. The lowest BCUT2D eigenvalue weighted by Gasteiger charge is -2.34. The Morgan fingerprint density at radius 3 is 2.52 bits per heavy atom. The highest BCUT2D eigenvalue weighted by molar-refractivity contribution is 5.85. The first-order valence-corrected chi connectivity index (χ1v) is 7.71. The van der Waals surface area contributed by atoms with Crippen molar-refractivity contribution >= 4 is 12.4 Å². The SMILES string of the molecule is COc1ccc(CN2C[C@@H](N)C[C@@H](C#CC(C)(C)O)C2)cc1.Cl. The molecule has 0 radical (unpaired) electrons. The van der Waals surface area contributed by atoms with Crippen LogP contribution in [-0.4, -0.2) is 41.8 Å². The van der Waals surface area contributed by atoms with Gasteiger partial charge in [-0.2, -0.15) is 0 Å². The van der Waals surface area contributed by atoms with E-state index in [1.807, 2.05) is 12.1 Å². The Balaban J connectivity index is 0.00000264. The zero-order valence-electron chi connectivity index (χ0n) is 14.1. The Kier molecular flexibility index (Phi) is 7.37. The summed E-state index contributed by atoms with van der Waals surface area (Å²) in [5, 5.41) is 9.73. The maximum Gasteiger partial charge on any atom is 0.119 e. The van der Waals surface area contributed by atoms with Crippen LogP contribution in [-0.2, 0) is 6.54 Å². The van der Waals surface area contributed by atoms with E-state index in [0.29, 0.717) is 0 Å². The van der Waals surface area contributed by atoms with E-state index in [4.69, 9.17) is 10.5 Å². The fourth-order valence-electron chi connectivity index (χ4n) is 2.73. The Morgan fingerprint density at radius 2 is 1.96 bits per heavy atom. The molecule has 128 valence electrons. The van der Waals surface area contributed by atoms with Gasteiger partial charge in [0.1, 0.15) is 11.4 Å². The monoisotopic (exact) mass is 338 g/mol. The topological polar surface area (TPSA) is 58.7 Å². The first kappa shape index (κ1) is 19.8. The molecule has 1 aliphatic rings. The Bertz CT molecular complexity index is 543. The highest BCUT2D eigenvalue weighted by Gasteiger charge is 2.24. The molecule has 1 heterocycles. The van der Waals surface area contributed by atoms with Crippen molar-refractivity contribution in [2.75, 3.05) is 20.2 Å². The van der Waals surface area contributed by atoms with E-state index in [2.05, 4.69) is 28.9 Å². The van der Waals surface area contributed by atoms with Crippen LogP contribution in [0.1, 0.15) is 25.8 Å². The third kappa shape index (κ3) is 6.80. The fraction of sp³-hybridized carbons (Fsp3) is 0.556. The molecule has 1 aromatic rings. The molecule has 3 N–H and O–H groups in total. The number of nitrogens with two attached hydrogens (primary N) is 1. The van der Waals surface area contributed by atoms with Crippen LogP contribution in [0.5, 0.6) is 5.75 Å². The number of methoxy groups -OCH3 is 1. The summed E-state index contributed by atoms with van der Waals surface area (Å²) in [6.45, 7) is 6.05. The van der Waals surface area contributed by atoms with E-state index in [1.165, 1.54) is 5.56 Å². The molecule has 2 atom stereocenters. The number of hydrogen-bond acceptors (Lipinski definition) is 4. The molecule has 0 bridgehead atoms. The van der Waals surface area contributed by atoms with Gasteiger partial charge in [-0.05, 0) is 38.0 Å². The normalized spacial score (nSPS) is 21.8. The van der Waals surface area contributed by atoms with E-state index in [9.17, 15) is 5.11 Å². The van der Waals surface area contributed by atoms with Gasteiger partial charge < -0.3 is 15.6 Å². The van der Waals surface area contributed by atoms with E-state index in [-0.39, 0.29) is 24.4 Å². The Labute approximate surface area is 145 Å². The van der Waals surface area contributed by atoms with Gasteiger partial charge in [-0.15, -0.1) is 12.4 Å². The number of piperidine rings is 1. The maximum atomic E-state index is 9.73. The van der Waals surface area contributed by atoms with Gasteiger partial charge in [0, 0.05) is 31.6 Å². The largest absolute Gasteiger partial charge is 0.497 e. The van der Waals surface area contributed by atoms with Gasteiger partial charge in [-0.1, -0.05) is 24.0 Å². The molecule has 1 saturated heterocycles. The van der Waals surface area contributed by atoms with E-state index < -0.39 is 5.60 Å². The quantitative estimate of drug-likeness (QED) is 0.828. The second kappa shape index (κ2) is 8.56. The number of aliphatic hydroxyl groups is 1. The molecular formula is C18H27ClN2O2. The minimum atomic E-state index is -0.942. The summed E-state index contributed by atoms with van der Waals surface area (Å²) in [6.07, 6.45) is 0.891. The first-order valence-electron chi connectivity index (χ1n) is 7.71. The zero-order chi connectivity index (χ0) is 16.2. The number of hydrogen-bond donors (Lipinski definition) is 2. The number of likely N-dealkylation sites (tertiary alicyclic amines) is 1. The minimum Gasteiger partial charge on any atom is -0.497 e. The molecule has 0 amide bonds. The van der Waals surface area contributed by atoms with E-state index in [0.717, 1.165) is 31.8 Å². The van der Waals surface area contributed by atoms with E-state index >= 15 is 0 Å². The highest BCUT2D eigenvalue weighted by atomic mass is 35.5. The second-order valence-corrected chi connectivity index (χ2v) is 6.56. The molecule has 2 rings (SSSR count). The van der Waals surface area contributed by atoms with Crippen molar-refractivity contribution in [1.82, 2.24) is 4.90 Å². The number of rotatable bonds is 3. The van der Waals surface area contributed by atoms with Crippen molar-refractivity contribution in [1.29, 1.82) is 0 Å². The van der Waals surface area contributed by atoms with Crippen molar-refractivity contribution in [3.05, 3.63) is 29.8 Å². The van der Waals surface area contributed by atoms with Crippen molar-refractivity contribution in [2.45, 2.75) is 38.5 Å². The summed E-state index contributed by atoms with van der Waals surface area (Å²) in [7, 11) is 1.67. The summed E-state index contributed by atoms with van der Waals surface area (Å²) in [5.41, 5.74) is 6.46. The molecule has 0 aromatic heterocycles. The lowest BCUT2D eigenvalue weighted by Crippen LogP contribution is -2.46. The van der Waals surface area contributed by atoms with E-state index in [1.54, 1.807) is 21.0 Å². The van der Waals surface area contributed by atoms with Crippen LogP contribution in [0, 0.1) is 17.8 Å². The van der Waals surface area contributed by atoms with Crippen molar-refractivity contribution < 1.29 is 9.84 Å². The van der Waals surface area contributed by atoms with Gasteiger partial charge >= 0.3 is 0 Å². The van der Waals surface area contributed by atoms with Gasteiger partial charge in [-0.3, -0.25) is 4.90 Å². The summed E-state index contributed by atoms with van der Waals surface area (Å²) >= 11 is 0. The molecule has 23 heavy (non-hydrogen) atoms. The minimum absolute atomic E-state index is 0. The van der Waals surface area contributed by atoms with Crippen LogP contribution in [0.3, 0.4) is 0 Å². The number of nitrogens with zero attached hydrogens (tertiary/aromatic N) is 1. The van der Waals surface area contributed by atoms with Crippen LogP contribution >= 0.6 is 12.4 Å². The fourth-order valence-corrected chi connectivity index (χ4v) is 2.73. The molecular weight excluding hydrogens is 312 g/mol. The summed E-state index contributed by atoms with van der Waals surface area (Å²) in [6, 6.07) is 8.25. The predicted octanol–water partition coefficient (Wildman–Crippen LogP) is 2.04. The average Bonchev–Trinajstić information content (AvgIpc) is 2.45. The third-order valence-electron chi connectivity index (χ3n) is 3.71. The second-order valence-electron chi connectivity index (χ2n) is 6.56. The number of halogens is 1. The number of ether oxygens (including phenoxy) is 1. The molecule has 0 aliphatic carbocycles. The summed E-state index contributed by atoms with van der Waals surface area (Å²) in [4.78, 5) is 2.33. The summed E-state index contributed by atoms with van der Waals surface area (Å²) in [5.74, 6) is 7.19. The molecule has 0 unspecified atom stereocenters. The molecule has 0 spiro atoms. The summed E-state index contributed by atoms with van der Waals surface area (Å²) < 4.78 is 5.18. The van der Waals surface area contributed by atoms with Gasteiger partial charge in [0.2, 0.25) is 0 Å². The number of benzene rings is 1. The van der Waals surface area contributed by atoms with Crippen molar-refractivity contribution in [3.8, 4) is 17.6 Å². The van der Waals surface area contributed by atoms with Crippen LogP contribution in [0.15, 0.2) is 24.3 Å². The van der Waals surface area contributed by atoms with Crippen LogP contribution in [0.25, 0.3) is 0 Å². The Morgan fingerprint density at radius 1 is 1.30 bits per heavy atom. The molecule has 4 nitrogen and oxygen atoms in total. The van der Waals surface area contributed by atoms with Crippen molar-refractivity contribution in [2.24, 2.45) is 11.7 Å². The molecule has 0 saturated carbocycles. The van der Waals surface area contributed by atoms with Gasteiger partial charge in [0.15, 0.2) is 0 Å². The highest BCUT2D eigenvalue weighted by Crippen LogP contribution is 2.19. The molecule has 1 fully saturated rings. The predicted molar refractivity (Wildman–Crippen MR) is 95.7 cm³/mol. The standard InChI is InChI=1S/C18H26N2O2.ClH/c1-18(2,21)9-8-15-10-16(19)13-20(12-15)11-14-4-6-17(22-3)7-5-14;/h4-7,15-16,21H,10-13,19H2,1-3H3;1H/t15-,16+;/m1./s1. The van der Waals surface area contributed by atoms with Crippen LogP contribution in [0.2, 0.25) is 0 Å².